The van der Waals surface area contributed by atoms with Crippen molar-refractivity contribution in [2.45, 2.75) is 26.2 Å². The van der Waals surface area contributed by atoms with Crippen LogP contribution >= 0.6 is 0 Å². The third-order valence-electron chi connectivity index (χ3n) is 2.97. The van der Waals surface area contributed by atoms with E-state index in [0.29, 0.717) is 25.9 Å². The molecule has 3 N–H and O–H groups in total. The van der Waals surface area contributed by atoms with Gasteiger partial charge >= 0.3 is 5.97 Å². The summed E-state index contributed by atoms with van der Waals surface area (Å²) in [7, 11) is 0. The zero-order valence-electron chi connectivity index (χ0n) is 9.86. The molecule has 0 heterocycles. The highest BCUT2D eigenvalue weighted by atomic mass is 16.4. The van der Waals surface area contributed by atoms with Gasteiger partial charge in [0.15, 0.2) is 0 Å². The highest BCUT2D eigenvalue weighted by Gasteiger charge is 2.37. The van der Waals surface area contributed by atoms with Crippen LogP contribution in [-0.2, 0) is 14.4 Å². The van der Waals surface area contributed by atoms with Gasteiger partial charge in [0.25, 0.3) is 0 Å². The van der Waals surface area contributed by atoms with Gasteiger partial charge in [-0.25, -0.2) is 0 Å². The molecule has 0 radical (unpaired) electrons. The van der Waals surface area contributed by atoms with Crippen molar-refractivity contribution in [3.8, 4) is 0 Å². The standard InChI is InChI=1S/C11H18N2O4/c1-7(14)12-5-6-13-10(15)8-3-2-4-9(8)11(16)17/h8-9H,2-6H2,1H3,(H,12,14)(H,13,15)(H,16,17)/t8-,9+/m1/s1. The maximum absolute atomic E-state index is 11.7. The molecule has 2 amide bonds. The van der Waals surface area contributed by atoms with E-state index >= 15 is 0 Å². The van der Waals surface area contributed by atoms with Gasteiger partial charge in [-0.3, -0.25) is 14.4 Å². The summed E-state index contributed by atoms with van der Waals surface area (Å²) in [6.07, 6.45) is 1.98. The van der Waals surface area contributed by atoms with Crippen LogP contribution in [0.3, 0.4) is 0 Å². The fraction of sp³-hybridized carbons (Fsp3) is 0.727. The molecule has 1 saturated carbocycles. The van der Waals surface area contributed by atoms with Crippen LogP contribution in [0.15, 0.2) is 0 Å². The molecule has 2 atom stereocenters. The van der Waals surface area contributed by atoms with Crippen molar-refractivity contribution in [1.29, 1.82) is 0 Å². The van der Waals surface area contributed by atoms with E-state index in [-0.39, 0.29) is 11.8 Å². The number of aliphatic carboxylic acids is 1. The lowest BCUT2D eigenvalue weighted by molar-refractivity contribution is -0.146. The van der Waals surface area contributed by atoms with Crippen LogP contribution in [0.4, 0.5) is 0 Å². The first-order chi connectivity index (χ1) is 8.02. The SMILES string of the molecule is CC(=O)NCCNC(=O)[C@@H]1CCC[C@@H]1C(=O)O. The van der Waals surface area contributed by atoms with Crippen LogP contribution < -0.4 is 10.6 Å². The van der Waals surface area contributed by atoms with Gasteiger partial charge in [-0.15, -0.1) is 0 Å². The van der Waals surface area contributed by atoms with Crippen molar-refractivity contribution in [3.63, 3.8) is 0 Å². The normalized spacial score (nSPS) is 23.1. The zero-order chi connectivity index (χ0) is 12.8. The van der Waals surface area contributed by atoms with Gasteiger partial charge in [-0.1, -0.05) is 6.42 Å². The summed E-state index contributed by atoms with van der Waals surface area (Å²) in [5.41, 5.74) is 0. The van der Waals surface area contributed by atoms with E-state index in [0.717, 1.165) is 6.42 Å². The van der Waals surface area contributed by atoms with Crippen molar-refractivity contribution >= 4 is 17.8 Å². The third kappa shape index (κ3) is 4.05. The van der Waals surface area contributed by atoms with Crippen LogP contribution in [0.25, 0.3) is 0 Å². The van der Waals surface area contributed by atoms with Crippen LogP contribution in [0.2, 0.25) is 0 Å². The monoisotopic (exact) mass is 242 g/mol. The van der Waals surface area contributed by atoms with E-state index in [9.17, 15) is 14.4 Å². The molecule has 6 nitrogen and oxygen atoms in total. The molecule has 0 bridgehead atoms. The van der Waals surface area contributed by atoms with Crippen LogP contribution in [0, 0.1) is 11.8 Å². The number of carboxylic acid groups (broad SMARTS) is 1. The molecule has 0 spiro atoms. The first-order valence-electron chi connectivity index (χ1n) is 5.77. The Balaban J connectivity index is 2.32. The third-order valence-corrected chi connectivity index (χ3v) is 2.97. The fourth-order valence-electron chi connectivity index (χ4n) is 2.12. The Morgan fingerprint density at radius 3 is 2.29 bits per heavy atom. The summed E-state index contributed by atoms with van der Waals surface area (Å²) in [6, 6.07) is 0. The first kappa shape index (κ1) is 13.5. The Labute approximate surface area is 99.8 Å². The lowest BCUT2D eigenvalue weighted by atomic mass is 9.95. The fourth-order valence-corrected chi connectivity index (χ4v) is 2.12. The first-order valence-corrected chi connectivity index (χ1v) is 5.77. The molecule has 1 aliphatic carbocycles. The molecular formula is C11H18N2O4. The Bertz CT molecular complexity index is 317. The average Bonchev–Trinajstić information content (AvgIpc) is 2.72. The predicted octanol–water partition coefficient (Wildman–Crippen LogP) is -0.260. The number of hydrogen-bond acceptors (Lipinski definition) is 3. The van der Waals surface area contributed by atoms with E-state index in [2.05, 4.69) is 10.6 Å². The summed E-state index contributed by atoms with van der Waals surface area (Å²) in [5, 5.41) is 14.1. The molecular weight excluding hydrogens is 224 g/mol. The van der Waals surface area contributed by atoms with Gasteiger partial charge in [-0.2, -0.15) is 0 Å². The molecule has 1 fully saturated rings. The van der Waals surface area contributed by atoms with E-state index < -0.39 is 17.8 Å². The molecule has 1 aliphatic rings. The van der Waals surface area contributed by atoms with Gasteiger partial charge in [0.2, 0.25) is 11.8 Å². The minimum Gasteiger partial charge on any atom is -0.481 e. The Morgan fingerprint density at radius 2 is 1.71 bits per heavy atom. The summed E-state index contributed by atoms with van der Waals surface area (Å²) < 4.78 is 0. The highest BCUT2D eigenvalue weighted by Crippen LogP contribution is 2.31. The Morgan fingerprint density at radius 1 is 1.12 bits per heavy atom. The Kier molecular flexibility index (Phi) is 4.93. The van der Waals surface area contributed by atoms with Crippen molar-refractivity contribution < 1.29 is 19.5 Å². The quantitative estimate of drug-likeness (QED) is 0.579. The number of rotatable bonds is 5. The zero-order valence-corrected chi connectivity index (χ0v) is 9.86. The lowest BCUT2D eigenvalue weighted by Crippen LogP contribution is -2.39. The maximum atomic E-state index is 11.7. The average molecular weight is 242 g/mol. The summed E-state index contributed by atoms with van der Waals surface area (Å²) >= 11 is 0. The summed E-state index contributed by atoms with van der Waals surface area (Å²) in [6.45, 7) is 2.10. The molecule has 0 unspecified atom stereocenters. The van der Waals surface area contributed by atoms with Gasteiger partial charge in [0.1, 0.15) is 0 Å². The maximum Gasteiger partial charge on any atom is 0.307 e. The second-order valence-electron chi connectivity index (χ2n) is 4.26. The summed E-state index contributed by atoms with van der Waals surface area (Å²) in [4.78, 5) is 33.2. The molecule has 0 aromatic carbocycles. The van der Waals surface area contributed by atoms with Gasteiger partial charge < -0.3 is 15.7 Å². The molecule has 1 rings (SSSR count). The molecule has 0 aromatic rings. The summed E-state index contributed by atoms with van der Waals surface area (Å²) in [5.74, 6) is -2.26. The van der Waals surface area contributed by atoms with E-state index in [1.54, 1.807) is 0 Å². The number of carboxylic acids is 1. The number of carbonyl (C=O) groups excluding carboxylic acids is 2. The van der Waals surface area contributed by atoms with Crippen molar-refractivity contribution in [2.75, 3.05) is 13.1 Å². The molecule has 96 valence electrons. The minimum absolute atomic E-state index is 0.150. The Hall–Kier alpha value is -1.59. The second-order valence-corrected chi connectivity index (χ2v) is 4.26. The van der Waals surface area contributed by atoms with Crippen molar-refractivity contribution in [1.82, 2.24) is 10.6 Å². The molecule has 0 aromatic heterocycles. The van der Waals surface area contributed by atoms with Crippen molar-refractivity contribution in [3.05, 3.63) is 0 Å². The van der Waals surface area contributed by atoms with Crippen LogP contribution in [-0.4, -0.2) is 36.0 Å². The van der Waals surface area contributed by atoms with Crippen molar-refractivity contribution in [2.24, 2.45) is 11.8 Å². The smallest absolute Gasteiger partial charge is 0.307 e. The number of hydrogen-bond donors (Lipinski definition) is 3. The number of carbonyl (C=O) groups is 3. The number of nitrogens with one attached hydrogen (secondary N) is 2. The minimum atomic E-state index is -0.899. The van der Waals surface area contributed by atoms with Gasteiger partial charge in [-0.05, 0) is 12.8 Å². The second kappa shape index (κ2) is 6.22. The van der Waals surface area contributed by atoms with Crippen LogP contribution in [0.5, 0.6) is 0 Å². The largest absolute Gasteiger partial charge is 0.481 e. The van der Waals surface area contributed by atoms with E-state index in [1.807, 2.05) is 0 Å². The molecule has 6 heteroatoms. The highest BCUT2D eigenvalue weighted by molar-refractivity contribution is 5.85. The topological polar surface area (TPSA) is 95.5 Å². The molecule has 0 saturated heterocycles. The predicted molar refractivity (Wildman–Crippen MR) is 60.2 cm³/mol. The van der Waals surface area contributed by atoms with E-state index in [1.165, 1.54) is 6.92 Å². The van der Waals surface area contributed by atoms with Crippen LogP contribution in [0.1, 0.15) is 26.2 Å². The molecule has 0 aliphatic heterocycles. The van der Waals surface area contributed by atoms with E-state index in [4.69, 9.17) is 5.11 Å². The molecule has 17 heavy (non-hydrogen) atoms. The number of amides is 2. The van der Waals surface area contributed by atoms with Gasteiger partial charge in [0.05, 0.1) is 11.8 Å². The lowest BCUT2D eigenvalue weighted by Gasteiger charge is -2.15. The van der Waals surface area contributed by atoms with Gasteiger partial charge in [0, 0.05) is 20.0 Å².